The molecule has 0 saturated heterocycles. The Hall–Kier alpha value is -1.31. The molecule has 1 aromatic rings. The fourth-order valence-corrected chi connectivity index (χ4v) is 1.64. The van der Waals surface area contributed by atoms with Crippen molar-refractivity contribution in [3.8, 4) is 5.75 Å². The number of unbranched alkanes of at least 4 members (excludes halogenated alkanes) is 1. The summed E-state index contributed by atoms with van der Waals surface area (Å²) in [6.07, 6.45) is 3.12. The molecule has 2 nitrogen and oxygen atoms in total. The van der Waals surface area contributed by atoms with Gasteiger partial charge in [-0.05, 0) is 31.9 Å². The highest BCUT2D eigenvalue weighted by Gasteiger charge is 2.06. The monoisotopic (exact) mass is 219 g/mol. The van der Waals surface area contributed by atoms with Crippen molar-refractivity contribution in [2.24, 2.45) is 4.99 Å². The summed E-state index contributed by atoms with van der Waals surface area (Å²) in [5.74, 6) is 0.336. The Bertz CT molecular complexity index is 369. The molecule has 0 radical (unpaired) electrons. The number of hydrogen-bond donors (Lipinski definition) is 1. The number of aliphatic imine (C=N–C) groups is 1. The lowest BCUT2D eigenvalue weighted by Crippen LogP contribution is -2.01. The molecule has 0 fully saturated rings. The zero-order valence-electron chi connectivity index (χ0n) is 10.5. The van der Waals surface area contributed by atoms with E-state index in [-0.39, 0.29) is 0 Å². The van der Waals surface area contributed by atoms with E-state index in [9.17, 15) is 5.11 Å². The summed E-state index contributed by atoms with van der Waals surface area (Å²) < 4.78 is 0. The minimum atomic E-state index is 0.336. The van der Waals surface area contributed by atoms with Gasteiger partial charge >= 0.3 is 0 Å². The molecule has 1 rings (SSSR count). The van der Waals surface area contributed by atoms with Crippen molar-refractivity contribution < 1.29 is 5.11 Å². The number of rotatable bonds is 5. The number of hydrogen-bond acceptors (Lipinski definition) is 2. The third-order valence-electron chi connectivity index (χ3n) is 2.61. The Kier molecular flexibility index (Phi) is 5.03. The second-order valence-electron chi connectivity index (χ2n) is 4.06. The molecule has 0 unspecified atom stereocenters. The first-order chi connectivity index (χ1) is 7.69. The molecule has 0 aliphatic rings. The highest BCUT2D eigenvalue weighted by atomic mass is 16.3. The average molecular weight is 219 g/mol. The van der Waals surface area contributed by atoms with E-state index in [1.165, 1.54) is 0 Å². The van der Waals surface area contributed by atoms with Crippen LogP contribution in [-0.4, -0.2) is 17.4 Å². The highest BCUT2D eigenvalue weighted by Crippen LogP contribution is 2.20. The molecular weight excluding hydrogens is 198 g/mol. The molecular formula is C14H21NO. The summed E-state index contributed by atoms with van der Waals surface area (Å²) in [6, 6.07) is 5.66. The second kappa shape index (κ2) is 6.31. The van der Waals surface area contributed by atoms with E-state index in [2.05, 4.69) is 18.8 Å². The molecule has 0 atom stereocenters. The van der Waals surface area contributed by atoms with Gasteiger partial charge in [-0.15, -0.1) is 0 Å². The number of phenolic OH excluding ortho intramolecular Hbond substituents is 1. The lowest BCUT2D eigenvalue weighted by Gasteiger charge is -2.08. The SMILES string of the molecule is CCCCN=C(CC)c1cc(C)ccc1O. The summed E-state index contributed by atoms with van der Waals surface area (Å²) >= 11 is 0. The Morgan fingerprint density at radius 3 is 2.69 bits per heavy atom. The predicted molar refractivity (Wildman–Crippen MR) is 69.4 cm³/mol. The van der Waals surface area contributed by atoms with Gasteiger partial charge in [0, 0.05) is 17.8 Å². The van der Waals surface area contributed by atoms with Crippen LogP contribution in [0.15, 0.2) is 23.2 Å². The van der Waals surface area contributed by atoms with Crippen LogP contribution in [0.5, 0.6) is 5.75 Å². The second-order valence-corrected chi connectivity index (χ2v) is 4.06. The van der Waals surface area contributed by atoms with Crippen molar-refractivity contribution in [2.75, 3.05) is 6.54 Å². The van der Waals surface area contributed by atoms with Gasteiger partial charge in [0.25, 0.3) is 0 Å². The molecule has 0 aliphatic heterocycles. The van der Waals surface area contributed by atoms with Gasteiger partial charge in [0.2, 0.25) is 0 Å². The molecule has 88 valence electrons. The standard InChI is InChI=1S/C14H21NO/c1-4-6-9-15-13(5-2)12-10-11(3)7-8-14(12)16/h7-8,10,16H,4-6,9H2,1-3H3. The van der Waals surface area contributed by atoms with E-state index in [4.69, 9.17) is 0 Å². The van der Waals surface area contributed by atoms with Gasteiger partial charge in [-0.25, -0.2) is 0 Å². The van der Waals surface area contributed by atoms with Crippen molar-refractivity contribution in [3.63, 3.8) is 0 Å². The van der Waals surface area contributed by atoms with Crippen molar-refractivity contribution in [1.82, 2.24) is 0 Å². The molecule has 0 spiro atoms. The largest absolute Gasteiger partial charge is 0.507 e. The smallest absolute Gasteiger partial charge is 0.124 e. The van der Waals surface area contributed by atoms with Gasteiger partial charge in [0.15, 0.2) is 0 Å². The number of aryl methyl sites for hydroxylation is 1. The van der Waals surface area contributed by atoms with Gasteiger partial charge in [0.05, 0.1) is 0 Å². The third-order valence-corrected chi connectivity index (χ3v) is 2.61. The van der Waals surface area contributed by atoms with Crippen LogP contribution < -0.4 is 0 Å². The Balaban J connectivity index is 2.94. The van der Waals surface area contributed by atoms with E-state index >= 15 is 0 Å². The van der Waals surface area contributed by atoms with Gasteiger partial charge in [-0.3, -0.25) is 4.99 Å². The summed E-state index contributed by atoms with van der Waals surface area (Å²) in [5, 5.41) is 9.81. The van der Waals surface area contributed by atoms with Crippen LogP contribution >= 0.6 is 0 Å². The van der Waals surface area contributed by atoms with Crippen LogP contribution in [0, 0.1) is 6.92 Å². The minimum absolute atomic E-state index is 0.336. The fraction of sp³-hybridized carbons (Fsp3) is 0.500. The topological polar surface area (TPSA) is 32.6 Å². The van der Waals surface area contributed by atoms with Crippen molar-refractivity contribution >= 4 is 5.71 Å². The molecule has 0 aromatic heterocycles. The zero-order chi connectivity index (χ0) is 12.0. The number of phenols is 1. The molecule has 0 bridgehead atoms. The number of nitrogens with zero attached hydrogens (tertiary/aromatic N) is 1. The molecule has 16 heavy (non-hydrogen) atoms. The van der Waals surface area contributed by atoms with E-state index in [1.54, 1.807) is 6.07 Å². The minimum Gasteiger partial charge on any atom is -0.507 e. The Morgan fingerprint density at radius 1 is 1.31 bits per heavy atom. The van der Waals surface area contributed by atoms with Gasteiger partial charge in [-0.1, -0.05) is 31.9 Å². The van der Waals surface area contributed by atoms with E-state index in [0.29, 0.717) is 5.75 Å². The maximum absolute atomic E-state index is 9.81. The predicted octanol–water partition coefficient (Wildman–Crippen LogP) is 3.70. The lowest BCUT2D eigenvalue weighted by atomic mass is 10.0. The first-order valence-corrected chi connectivity index (χ1v) is 6.02. The average Bonchev–Trinajstić information content (AvgIpc) is 2.28. The number of benzene rings is 1. The highest BCUT2D eigenvalue weighted by molar-refractivity contribution is 6.02. The Labute approximate surface area is 98.0 Å². The van der Waals surface area contributed by atoms with Crippen LogP contribution in [-0.2, 0) is 0 Å². The zero-order valence-corrected chi connectivity index (χ0v) is 10.5. The van der Waals surface area contributed by atoms with Crippen molar-refractivity contribution in [2.45, 2.75) is 40.0 Å². The van der Waals surface area contributed by atoms with Crippen LogP contribution in [0.25, 0.3) is 0 Å². The first kappa shape index (κ1) is 12.8. The molecule has 0 heterocycles. The summed E-state index contributed by atoms with van der Waals surface area (Å²) in [5.41, 5.74) is 3.05. The van der Waals surface area contributed by atoms with Crippen LogP contribution in [0.3, 0.4) is 0 Å². The third kappa shape index (κ3) is 3.37. The van der Waals surface area contributed by atoms with E-state index in [1.807, 2.05) is 19.1 Å². The number of aromatic hydroxyl groups is 1. The Morgan fingerprint density at radius 2 is 2.06 bits per heavy atom. The molecule has 2 heteroatoms. The van der Waals surface area contributed by atoms with Gasteiger partial charge in [0.1, 0.15) is 5.75 Å². The fourth-order valence-electron chi connectivity index (χ4n) is 1.64. The van der Waals surface area contributed by atoms with E-state index in [0.717, 1.165) is 42.6 Å². The van der Waals surface area contributed by atoms with Crippen LogP contribution in [0.1, 0.15) is 44.2 Å². The van der Waals surface area contributed by atoms with E-state index < -0.39 is 0 Å². The van der Waals surface area contributed by atoms with Crippen LogP contribution in [0.2, 0.25) is 0 Å². The van der Waals surface area contributed by atoms with Crippen molar-refractivity contribution in [3.05, 3.63) is 29.3 Å². The summed E-state index contributed by atoms with van der Waals surface area (Å²) in [7, 11) is 0. The molecule has 1 aromatic carbocycles. The molecule has 0 amide bonds. The summed E-state index contributed by atoms with van der Waals surface area (Å²) in [6.45, 7) is 7.12. The normalized spacial score (nSPS) is 11.8. The molecule has 1 N–H and O–H groups in total. The van der Waals surface area contributed by atoms with Gasteiger partial charge in [-0.2, -0.15) is 0 Å². The van der Waals surface area contributed by atoms with Gasteiger partial charge < -0.3 is 5.11 Å². The van der Waals surface area contributed by atoms with Crippen LogP contribution in [0.4, 0.5) is 0 Å². The van der Waals surface area contributed by atoms with Crippen molar-refractivity contribution in [1.29, 1.82) is 0 Å². The quantitative estimate of drug-likeness (QED) is 0.594. The first-order valence-electron chi connectivity index (χ1n) is 6.02. The molecule has 0 aliphatic carbocycles. The lowest BCUT2D eigenvalue weighted by molar-refractivity contribution is 0.474. The molecule has 0 saturated carbocycles. The maximum atomic E-state index is 9.81. The maximum Gasteiger partial charge on any atom is 0.124 e. The summed E-state index contributed by atoms with van der Waals surface area (Å²) in [4.78, 5) is 4.56.